The Bertz CT molecular complexity index is 600. The third-order valence-corrected chi connectivity index (χ3v) is 4.14. The molecule has 4 nitrogen and oxygen atoms in total. The number of hydrogen-bond acceptors (Lipinski definition) is 3. The lowest BCUT2D eigenvalue weighted by Crippen LogP contribution is -2.35. The van der Waals surface area contributed by atoms with Crippen molar-refractivity contribution in [2.24, 2.45) is 0 Å². The molecule has 0 fully saturated rings. The van der Waals surface area contributed by atoms with Crippen molar-refractivity contribution in [2.75, 3.05) is 0 Å². The molecule has 0 spiro atoms. The first-order valence-electron chi connectivity index (χ1n) is 6.90. The molecule has 2 aromatic rings. The summed E-state index contributed by atoms with van der Waals surface area (Å²) in [4.78, 5) is 14.9. The van der Waals surface area contributed by atoms with Crippen LogP contribution in [0.4, 0.5) is 0 Å². The van der Waals surface area contributed by atoms with Crippen LogP contribution in [0, 0.1) is 13.8 Å². The Kier molecular flexibility index (Phi) is 4.60. The monoisotopic (exact) mass is 291 g/mol. The molecule has 108 valence electrons. The summed E-state index contributed by atoms with van der Waals surface area (Å²) in [6.07, 6.45) is 0.865. The van der Waals surface area contributed by atoms with E-state index in [2.05, 4.69) is 29.5 Å². The van der Waals surface area contributed by atoms with Gasteiger partial charge in [0.1, 0.15) is 5.69 Å². The molecule has 2 heterocycles. The Morgan fingerprint density at radius 3 is 2.80 bits per heavy atom. The molecule has 2 rings (SSSR count). The highest BCUT2D eigenvalue weighted by molar-refractivity contribution is 7.11. The van der Waals surface area contributed by atoms with Gasteiger partial charge in [0.25, 0.3) is 5.91 Å². The molecule has 1 N–H and O–H groups in total. The molecule has 1 amide bonds. The van der Waals surface area contributed by atoms with E-state index in [1.807, 2.05) is 26.8 Å². The van der Waals surface area contributed by atoms with Crippen LogP contribution in [0.2, 0.25) is 0 Å². The van der Waals surface area contributed by atoms with Gasteiger partial charge in [-0.25, -0.2) is 0 Å². The second kappa shape index (κ2) is 6.22. The maximum absolute atomic E-state index is 12.3. The SMILES string of the molecule is CCn1nc(C)cc1C(=O)NC(C)Cc1ccc(C)s1. The maximum Gasteiger partial charge on any atom is 0.269 e. The van der Waals surface area contributed by atoms with Crippen molar-refractivity contribution < 1.29 is 4.79 Å². The number of hydrogen-bond donors (Lipinski definition) is 1. The standard InChI is InChI=1S/C15H21N3OS/c1-5-18-14(9-11(3)17-18)15(19)16-10(2)8-13-7-6-12(4)20-13/h6-7,9-10H,5,8H2,1-4H3,(H,16,19). The average Bonchev–Trinajstić information content (AvgIpc) is 2.95. The van der Waals surface area contributed by atoms with Gasteiger partial charge < -0.3 is 5.32 Å². The molecule has 0 aromatic carbocycles. The second-order valence-electron chi connectivity index (χ2n) is 5.08. The highest BCUT2D eigenvalue weighted by Gasteiger charge is 2.15. The summed E-state index contributed by atoms with van der Waals surface area (Å²) in [5.41, 5.74) is 1.51. The van der Waals surface area contributed by atoms with Crippen LogP contribution in [-0.4, -0.2) is 21.7 Å². The van der Waals surface area contributed by atoms with E-state index in [9.17, 15) is 4.79 Å². The lowest BCUT2D eigenvalue weighted by Gasteiger charge is -2.13. The summed E-state index contributed by atoms with van der Waals surface area (Å²) in [5.74, 6) is -0.0479. The molecule has 5 heteroatoms. The van der Waals surface area contributed by atoms with Crippen LogP contribution in [0.5, 0.6) is 0 Å². The molecule has 0 aliphatic heterocycles. The van der Waals surface area contributed by atoms with Gasteiger partial charge in [0, 0.05) is 28.8 Å². The largest absolute Gasteiger partial charge is 0.348 e. The van der Waals surface area contributed by atoms with Crippen molar-refractivity contribution in [3.05, 3.63) is 39.3 Å². The Morgan fingerprint density at radius 1 is 1.45 bits per heavy atom. The summed E-state index contributed by atoms with van der Waals surface area (Å²) in [5, 5.41) is 7.35. The van der Waals surface area contributed by atoms with Crippen LogP contribution in [0.25, 0.3) is 0 Å². The fourth-order valence-corrected chi connectivity index (χ4v) is 3.23. The van der Waals surface area contributed by atoms with Crippen molar-refractivity contribution in [2.45, 2.75) is 46.7 Å². The summed E-state index contributed by atoms with van der Waals surface area (Å²) < 4.78 is 1.74. The zero-order valence-electron chi connectivity index (χ0n) is 12.4. The first kappa shape index (κ1) is 14.8. The molecule has 0 radical (unpaired) electrons. The zero-order chi connectivity index (χ0) is 14.7. The van der Waals surface area contributed by atoms with Crippen LogP contribution in [-0.2, 0) is 13.0 Å². The molecule has 1 atom stereocenters. The lowest BCUT2D eigenvalue weighted by atomic mass is 10.2. The third kappa shape index (κ3) is 3.48. The molecule has 0 saturated carbocycles. The number of amides is 1. The molecule has 2 aromatic heterocycles. The van der Waals surface area contributed by atoms with Gasteiger partial charge in [0.05, 0.1) is 5.69 Å². The van der Waals surface area contributed by atoms with Gasteiger partial charge in [0.15, 0.2) is 0 Å². The van der Waals surface area contributed by atoms with Crippen LogP contribution >= 0.6 is 11.3 Å². The molecule has 1 unspecified atom stereocenters. The van der Waals surface area contributed by atoms with E-state index >= 15 is 0 Å². The number of carbonyl (C=O) groups excluding carboxylic acids is 1. The topological polar surface area (TPSA) is 46.9 Å². The smallest absolute Gasteiger partial charge is 0.269 e. The minimum absolute atomic E-state index is 0.0479. The fourth-order valence-electron chi connectivity index (χ4n) is 2.21. The lowest BCUT2D eigenvalue weighted by molar-refractivity contribution is 0.0929. The van der Waals surface area contributed by atoms with Crippen molar-refractivity contribution in [1.29, 1.82) is 0 Å². The van der Waals surface area contributed by atoms with Crippen LogP contribution in [0.1, 0.15) is 39.8 Å². The minimum atomic E-state index is -0.0479. The predicted octanol–water partition coefficient (Wildman–Crippen LogP) is 2.94. The van der Waals surface area contributed by atoms with Crippen LogP contribution in [0.15, 0.2) is 18.2 Å². The van der Waals surface area contributed by atoms with E-state index in [0.717, 1.165) is 12.1 Å². The Labute approximate surface area is 123 Å². The molecular formula is C15H21N3OS. The van der Waals surface area contributed by atoms with Gasteiger partial charge in [-0.1, -0.05) is 0 Å². The minimum Gasteiger partial charge on any atom is -0.348 e. The second-order valence-corrected chi connectivity index (χ2v) is 6.45. The van der Waals surface area contributed by atoms with E-state index in [-0.39, 0.29) is 11.9 Å². The summed E-state index contributed by atoms with van der Waals surface area (Å²) >= 11 is 1.78. The highest BCUT2D eigenvalue weighted by atomic mass is 32.1. The van der Waals surface area contributed by atoms with E-state index < -0.39 is 0 Å². The van der Waals surface area contributed by atoms with Gasteiger partial charge in [-0.2, -0.15) is 5.10 Å². The first-order chi connectivity index (χ1) is 9.49. The summed E-state index contributed by atoms with van der Waals surface area (Å²) in [7, 11) is 0. The van der Waals surface area contributed by atoms with Crippen molar-refractivity contribution in [3.63, 3.8) is 0 Å². The molecule has 20 heavy (non-hydrogen) atoms. The average molecular weight is 291 g/mol. The number of rotatable bonds is 5. The van der Waals surface area contributed by atoms with E-state index in [1.165, 1.54) is 9.75 Å². The Hall–Kier alpha value is -1.62. The Balaban J connectivity index is 1.99. The number of thiophene rings is 1. The van der Waals surface area contributed by atoms with Gasteiger partial charge in [-0.3, -0.25) is 9.48 Å². The molecular weight excluding hydrogens is 270 g/mol. The number of nitrogens with zero attached hydrogens (tertiary/aromatic N) is 2. The van der Waals surface area contributed by atoms with Gasteiger partial charge in [-0.05, 0) is 45.9 Å². The van der Waals surface area contributed by atoms with Crippen molar-refractivity contribution in [3.8, 4) is 0 Å². The Morgan fingerprint density at radius 2 is 2.20 bits per heavy atom. The quantitative estimate of drug-likeness (QED) is 0.920. The first-order valence-corrected chi connectivity index (χ1v) is 7.72. The summed E-state index contributed by atoms with van der Waals surface area (Å²) in [6, 6.07) is 6.19. The van der Waals surface area contributed by atoms with Gasteiger partial charge >= 0.3 is 0 Å². The number of carbonyl (C=O) groups is 1. The third-order valence-electron chi connectivity index (χ3n) is 3.12. The molecule has 0 saturated heterocycles. The maximum atomic E-state index is 12.3. The van der Waals surface area contributed by atoms with Crippen molar-refractivity contribution in [1.82, 2.24) is 15.1 Å². The summed E-state index contributed by atoms with van der Waals surface area (Å²) in [6.45, 7) is 8.73. The normalized spacial score (nSPS) is 12.4. The van der Waals surface area contributed by atoms with Crippen molar-refractivity contribution >= 4 is 17.2 Å². The van der Waals surface area contributed by atoms with Gasteiger partial charge in [-0.15, -0.1) is 11.3 Å². The highest BCUT2D eigenvalue weighted by Crippen LogP contribution is 2.16. The number of aryl methyl sites for hydroxylation is 3. The predicted molar refractivity (Wildman–Crippen MR) is 82.3 cm³/mol. The molecule has 0 bridgehead atoms. The molecule has 0 aliphatic rings. The van der Waals surface area contributed by atoms with E-state index in [0.29, 0.717) is 12.2 Å². The van der Waals surface area contributed by atoms with Gasteiger partial charge in [0.2, 0.25) is 0 Å². The number of aromatic nitrogens is 2. The van der Waals surface area contributed by atoms with Crippen LogP contribution in [0.3, 0.4) is 0 Å². The molecule has 0 aliphatic carbocycles. The van der Waals surface area contributed by atoms with E-state index in [1.54, 1.807) is 16.0 Å². The van der Waals surface area contributed by atoms with Crippen LogP contribution < -0.4 is 5.32 Å². The zero-order valence-corrected chi connectivity index (χ0v) is 13.3. The van der Waals surface area contributed by atoms with E-state index in [4.69, 9.17) is 0 Å². The fraction of sp³-hybridized carbons (Fsp3) is 0.467. The number of nitrogens with one attached hydrogen (secondary N) is 1.